The van der Waals surface area contributed by atoms with Gasteiger partial charge in [-0.2, -0.15) is 0 Å². The van der Waals surface area contributed by atoms with E-state index in [1.54, 1.807) is 6.92 Å². The number of carbonyl (C=O) groups is 1. The van der Waals surface area contributed by atoms with Crippen LogP contribution in [0.25, 0.3) is 0 Å². The van der Waals surface area contributed by atoms with Gasteiger partial charge in [-0.15, -0.1) is 11.6 Å². The van der Waals surface area contributed by atoms with Crippen molar-refractivity contribution in [1.29, 1.82) is 0 Å². The van der Waals surface area contributed by atoms with Gasteiger partial charge in [0.2, 0.25) is 0 Å². The zero-order valence-electron chi connectivity index (χ0n) is 8.51. The number of alkyl halides is 3. The van der Waals surface area contributed by atoms with E-state index in [0.717, 1.165) is 0 Å². The average molecular weight is 250 g/mol. The maximum Gasteiger partial charge on any atom is 0.307 e. The van der Waals surface area contributed by atoms with E-state index in [2.05, 4.69) is 4.98 Å². The normalized spacial score (nSPS) is 10.8. The van der Waals surface area contributed by atoms with Crippen LogP contribution < -0.4 is 0 Å². The molecule has 0 aliphatic heterocycles. The lowest BCUT2D eigenvalue weighted by molar-refractivity contribution is -0.136. The minimum Gasteiger partial charge on any atom is -0.481 e. The van der Waals surface area contributed by atoms with Gasteiger partial charge in [0, 0.05) is 0 Å². The Hall–Kier alpha value is -1.23. The molecule has 3 nitrogen and oxygen atoms in total. The predicted molar refractivity (Wildman–Crippen MR) is 54.8 cm³/mol. The van der Waals surface area contributed by atoms with Crippen LogP contribution in [0.1, 0.15) is 28.9 Å². The number of carboxylic acids is 1. The summed E-state index contributed by atoms with van der Waals surface area (Å²) in [5.41, 5.74) is 0.376. The fraction of sp³-hybridized carbons (Fsp3) is 0.400. The monoisotopic (exact) mass is 249 g/mol. The zero-order valence-corrected chi connectivity index (χ0v) is 9.26. The molecule has 0 unspecified atom stereocenters. The molecule has 0 aliphatic carbocycles. The minimum absolute atomic E-state index is 0.0217. The maximum atomic E-state index is 12.7. The Morgan fingerprint density at radius 2 is 2.25 bits per heavy atom. The molecule has 0 amide bonds. The average Bonchev–Trinajstić information content (AvgIpc) is 2.19. The molecule has 1 aromatic rings. The van der Waals surface area contributed by atoms with Crippen molar-refractivity contribution in [3.05, 3.63) is 28.6 Å². The van der Waals surface area contributed by atoms with E-state index >= 15 is 0 Å². The van der Waals surface area contributed by atoms with Crippen molar-refractivity contribution in [2.24, 2.45) is 0 Å². The van der Waals surface area contributed by atoms with Crippen LogP contribution in [0.4, 0.5) is 8.78 Å². The zero-order chi connectivity index (χ0) is 12.3. The smallest absolute Gasteiger partial charge is 0.307 e. The van der Waals surface area contributed by atoms with Gasteiger partial charge in [0.1, 0.15) is 5.69 Å². The Balaban J connectivity index is 3.27. The first kappa shape index (κ1) is 12.8. The molecule has 0 bridgehead atoms. The van der Waals surface area contributed by atoms with Crippen molar-refractivity contribution in [3.63, 3.8) is 0 Å². The Kier molecular flexibility index (Phi) is 4.18. The van der Waals surface area contributed by atoms with Crippen molar-refractivity contribution in [2.75, 3.05) is 0 Å². The third-order valence-electron chi connectivity index (χ3n) is 2.10. The molecule has 1 aromatic heterocycles. The van der Waals surface area contributed by atoms with Crippen LogP contribution in [0.3, 0.4) is 0 Å². The molecule has 0 aromatic carbocycles. The third kappa shape index (κ3) is 2.88. The van der Waals surface area contributed by atoms with E-state index in [4.69, 9.17) is 16.7 Å². The highest BCUT2D eigenvalue weighted by molar-refractivity contribution is 6.16. The van der Waals surface area contributed by atoms with E-state index in [1.165, 1.54) is 6.07 Å². The number of pyridine rings is 1. The second-order valence-electron chi connectivity index (χ2n) is 3.30. The molecule has 0 radical (unpaired) electrons. The summed E-state index contributed by atoms with van der Waals surface area (Å²) in [7, 11) is 0. The summed E-state index contributed by atoms with van der Waals surface area (Å²) in [5, 5.41) is 8.63. The number of hydrogen-bond acceptors (Lipinski definition) is 2. The number of rotatable bonds is 4. The molecule has 1 rings (SSSR count). The number of aliphatic carboxylic acids is 1. The number of carboxylic acid groups (broad SMARTS) is 1. The summed E-state index contributed by atoms with van der Waals surface area (Å²) in [4.78, 5) is 14.2. The van der Waals surface area contributed by atoms with Gasteiger partial charge in [-0.05, 0) is 24.1 Å². The molecule has 0 saturated heterocycles. The van der Waals surface area contributed by atoms with E-state index in [1.807, 2.05) is 0 Å². The molecule has 0 atom stereocenters. The van der Waals surface area contributed by atoms with Crippen LogP contribution in [0.15, 0.2) is 6.07 Å². The standard InChI is InChI=1S/C10H10ClF2NO2/c1-5-2-6(4-11)14-9(10(12)13)7(5)3-8(15)16/h2,10H,3-4H2,1H3,(H,15,16). The topological polar surface area (TPSA) is 50.2 Å². The molecule has 1 heterocycles. The number of hydrogen-bond donors (Lipinski definition) is 1. The highest BCUT2D eigenvalue weighted by atomic mass is 35.5. The molecule has 0 fully saturated rings. The number of aromatic nitrogens is 1. The molecule has 6 heteroatoms. The first-order valence-corrected chi connectivity index (χ1v) is 5.04. The van der Waals surface area contributed by atoms with Gasteiger partial charge in [-0.25, -0.2) is 8.78 Å². The Bertz CT molecular complexity index is 410. The lowest BCUT2D eigenvalue weighted by atomic mass is 10.0. The van der Waals surface area contributed by atoms with Gasteiger partial charge in [0.15, 0.2) is 0 Å². The summed E-state index contributed by atoms with van der Waals surface area (Å²) in [6, 6.07) is 1.52. The minimum atomic E-state index is -2.80. The second kappa shape index (κ2) is 5.21. The Morgan fingerprint density at radius 3 is 2.69 bits per heavy atom. The second-order valence-corrected chi connectivity index (χ2v) is 3.57. The number of nitrogens with zero attached hydrogens (tertiary/aromatic N) is 1. The van der Waals surface area contributed by atoms with E-state index < -0.39 is 24.5 Å². The van der Waals surface area contributed by atoms with Gasteiger partial charge in [0.05, 0.1) is 18.0 Å². The van der Waals surface area contributed by atoms with Crippen LogP contribution >= 0.6 is 11.6 Å². The molecule has 1 N–H and O–H groups in total. The fourth-order valence-electron chi connectivity index (χ4n) is 1.42. The quantitative estimate of drug-likeness (QED) is 0.835. The van der Waals surface area contributed by atoms with Gasteiger partial charge < -0.3 is 5.11 Å². The van der Waals surface area contributed by atoms with Crippen LogP contribution in [-0.4, -0.2) is 16.1 Å². The SMILES string of the molecule is Cc1cc(CCl)nc(C(F)F)c1CC(=O)O. The highest BCUT2D eigenvalue weighted by Crippen LogP contribution is 2.25. The third-order valence-corrected chi connectivity index (χ3v) is 2.38. The van der Waals surface area contributed by atoms with E-state index in [9.17, 15) is 13.6 Å². The first-order chi connectivity index (χ1) is 7.45. The summed E-state index contributed by atoms with van der Waals surface area (Å²) in [6.45, 7) is 1.57. The highest BCUT2D eigenvalue weighted by Gasteiger charge is 2.19. The lowest BCUT2D eigenvalue weighted by Crippen LogP contribution is -2.09. The van der Waals surface area contributed by atoms with Crippen molar-refractivity contribution >= 4 is 17.6 Å². The van der Waals surface area contributed by atoms with Crippen LogP contribution in [0.5, 0.6) is 0 Å². The molecule has 16 heavy (non-hydrogen) atoms. The van der Waals surface area contributed by atoms with Crippen molar-refractivity contribution in [2.45, 2.75) is 25.7 Å². The van der Waals surface area contributed by atoms with E-state index in [0.29, 0.717) is 11.3 Å². The molecule has 0 aliphatic rings. The lowest BCUT2D eigenvalue weighted by Gasteiger charge is -2.11. The predicted octanol–water partition coefficient (Wildman–Crippen LogP) is 2.69. The molecule has 0 spiro atoms. The summed E-state index contributed by atoms with van der Waals surface area (Å²) in [6.07, 6.45) is -3.25. The molecule has 88 valence electrons. The molecule has 0 saturated carbocycles. The Morgan fingerprint density at radius 1 is 1.62 bits per heavy atom. The van der Waals surface area contributed by atoms with Crippen LogP contribution in [-0.2, 0) is 17.1 Å². The first-order valence-electron chi connectivity index (χ1n) is 4.51. The van der Waals surface area contributed by atoms with Gasteiger partial charge in [-0.3, -0.25) is 9.78 Å². The van der Waals surface area contributed by atoms with Gasteiger partial charge >= 0.3 is 5.97 Å². The largest absolute Gasteiger partial charge is 0.481 e. The van der Waals surface area contributed by atoms with Crippen molar-refractivity contribution in [3.8, 4) is 0 Å². The molecular weight excluding hydrogens is 240 g/mol. The molecular formula is C10H10ClF2NO2. The number of aryl methyl sites for hydroxylation is 1. The summed E-state index contributed by atoms with van der Waals surface area (Å²) < 4.78 is 25.4. The van der Waals surface area contributed by atoms with Crippen LogP contribution in [0, 0.1) is 6.92 Å². The van der Waals surface area contributed by atoms with Crippen molar-refractivity contribution in [1.82, 2.24) is 4.98 Å². The number of halogens is 3. The Labute approximate surface area is 96.1 Å². The summed E-state index contributed by atoms with van der Waals surface area (Å²) >= 11 is 5.51. The van der Waals surface area contributed by atoms with Gasteiger partial charge in [-0.1, -0.05) is 0 Å². The summed E-state index contributed by atoms with van der Waals surface area (Å²) in [5.74, 6) is -1.14. The van der Waals surface area contributed by atoms with Crippen molar-refractivity contribution < 1.29 is 18.7 Å². The van der Waals surface area contributed by atoms with E-state index in [-0.39, 0.29) is 11.4 Å². The van der Waals surface area contributed by atoms with Crippen LogP contribution in [0.2, 0.25) is 0 Å². The fourth-order valence-corrected chi connectivity index (χ4v) is 1.56. The van der Waals surface area contributed by atoms with Gasteiger partial charge in [0.25, 0.3) is 6.43 Å². The maximum absolute atomic E-state index is 12.7.